The van der Waals surface area contributed by atoms with E-state index >= 15 is 0 Å². The number of rotatable bonds is 4. The van der Waals surface area contributed by atoms with Gasteiger partial charge in [0, 0.05) is 6.54 Å². The largest absolute Gasteiger partial charge is 0.394 e. The average Bonchev–Trinajstić information content (AvgIpc) is 2.61. The summed E-state index contributed by atoms with van der Waals surface area (Å²) in [7, 11) is 0. The first-order chi connectivity index (χ1) is 7.61. The number of nitrogens with one attached hydrogen (secondary N) is 1. The van der Waals surface area contributed by atoms with Crippen molar-refractivity contribution in [3.8, 4) is 0 Å². The topological polar surface area (TPSA) is 105 Å². The molecule has 0 spiro atoms. The number of carbonyl (C=O) groups excluding carboxylic acids is 2. The second-order valence-corrected chi connectivity index (χ2v) is 4.00. The number of aliphatic hydroxyl groups is 1. The van der Waals surface area contributed by atoms with Crippen molar-refractivity contribution in [3.05, 3.63) is 0 Å². The van der Waals surface area contributed by atoms with Crippen LogP contribution in [0.15, 0.2) is 0 Å². The van der Waals surface area contributed by atoms with E-state index in [0.29, 0.717) is 19.5 Å². The number of fused-ring (bicyclic) bond motifs is 1. The number of halogens is 1. The second kappa shape index (κ2) is 5.63. The number of β-lactam (4-membered cyclic amide) rings is 1. The maximum atomic E-state index is 11.2. The highest BCUT2D eigenvalue weighted by Gasteiger charge is 2.45. The van der Waals surface area contributed by atoms with Crippen LogP contribution >= 0.6 is 12.4 Å². The summed E-state index contributed by atoms with van der Waals surface area (Å²) in [5.41, 5.74) is 5.32. The molecule has 4 N–H and O–H groups in total. The standard InChI is InChI=1S/C9H15N3O4.ClH/c10-6(4-13)9(15)11-2-5-3-12-7(14)1-8(12)16-5;/h5-6,8,13H,1-4,10H2,(H,11,15);1H. The minimum Gasteiger partial charge on any atom is -0.394 e. The van der Waals surface area contributed by atoms with E-state index in [1.165, 1.54) is 0 Å². The molecule has 2 aliphatic heterocycles. The van der Waals surface area contributed by atoms with Gasteiger partial charge in [-0.3, -0.25) is 9.59 Å². The molecule has 3 atom stereocenters. The monoisotopic (exact) mass is 265 g/mol. The molecule has 98 valence electrons. The molecule has 2 heterocycles. The van der Waals surface area contributed by atoms with Crippen molar-refractivity contribution in [1.29, 1.82) is 0 Å². The Kier molecular flexibility index (Phi) is 4.70. The Bertz CT molecular complexity index is 315. The number of nitrogens with two attached hydrogens (primary N) is 1. The normalized spacial score (nSPS) is 27.9. The molecule has 3 unspecified atom stereocenters. The number of amides is 2. The molecule has 7 nitrogen and oxygen atoms in total. The predicted molar refractivity (Wildman–Crippen MR) is 60.3 cm³/mol. The fourth-order valence-corrected chi connectivity index (χ4v) is 1.79. The van der Waals surface area contributed by atoms with E-state index in [9.17, 15) is 9.59 Å². The minimum absolute atomic E-state index is 0. The highest BCUT2D eigenvalue weighted by molar-refractivity contribution is 5.85. The molecule has 0 bridgehead atoms. The van der Waals surface area contributed by atoms with Crippen LogP contribution in [-0.4, -0.2) is 59.9 Å². The molecule has 8 heteroatoms. The van der Waals surface area contributed by atoms with Gasteiger partial charge in [-0.2, -0.15) is 0 Å². The second-order valence-electron chi connectivity index (χ2n) is 4.00. The first kappa shape index (κ1) is 14.2. The third kappa shape index (κ3) is 2.86. The van der Waals surface area contributed by atoms with Gasteiger partial charge in [0.05, 0.1) is 25.7 Å². The molecule has 2 rings (SSSR count). The molecule has 0 radical (unpaired) electrons. The lowest BCUT2D eigenvalue weighted by molar-refractivity contribution is -0.156. The van der Waals surface area contributed by atoms with Gasteiger partial charge in [0.2, 0.25) is 11.8 Å². The molecule has 0 aliphatic carbocycles. The Morgan fingerprint density at radius 3 is 2.94 bits per heavy atom. The summed E-state index contributed by atoms with van der Waals surface area (Å²) in [5, 5.41) is 11.2. The van der Waals surface area contributed by atoms with Crippen LogP contribution in [0.5, 0.6) is 0 Å². The van der Waals surface area contributed by atoms with Gasteiger partial charge < -0.3 is 25.8 Å². The Morgan fingerprint density at radius 1 is 1.71 bits per heavy atom. The molecule has 2 fully saturated rings. The number of hydrogen-bond acceptors (Lipinski definition) is 5. The maximum absolute atomic E-state index is 11.2. The summed E-state index contributed by atoms with van der Waals surface area (Å²) in [6.07, 6.45) is 0.146. The van der Waals surface area contributed by atoms with Crippen molar-refractivity contribution < 1.29 is 19.4 Å². The number of ether oxygens (including phenoxy) is 1. The molecule has 0 saturated carbocycles. The van der Waals surface area contributed by atoms with Crippen molar-refractivity contribution in [2.45, 2.75) is 24.8 Å². The van der Waals surface area contributed by atoms with Crippen LogP contribution in [-0.2, 0) is 14.3 Å². The fraction of sp³-hybridized carbons (Fsp3) is 0.778. The van der Waals surface area contributed by atoms with E-state index in [2.05, 4.69) is 5.32 Å². The van der Waals surface area contributed by atoms with Gasteiger partial charge in [-0.1, -0.05) is 0 Å². The number of aliphatic hydroxyl groups excluding tert-OH is 1. The smallest absolute Gasteiger partial charge is 0.239 e. The van der Waals surface area contributed by atoms with Gasteiger partial charge >= 0.3 is 0 Å². The van der Waals surface area contributed by atoms with E-state index in [4.69, 9.17) is 15.6 Å². The van der Waals surface area contributed by atoms with E-state index in [-0.39, 0.29) is 37.3 Å². The Morgan fingerprint density at radius 2 is 2.41 bits per heavy atom. The van der Waals surface area contributed by atoms with Crippen molar-refractivity contribution in [2.24, 2.45) is 5.73 Å². The molecule has 0 aromatic heterocycles. The molecular formula is C9H16ClN3O4. The van der Waals surface area contributed by atoms with Gasteiger partial charge in [-0.05, 0) is 0 Å². The van der Waals surface area contributed by atoms with Crippen LogP contribution in [0.3, 0.4) is 0 Å². The SMILES string of the molecule is Cl.NC(CO)C(=O)NCC1CN2C(=O)CC2O1. The third-order valence-electron chi connectivity index (χ3n) is 2.80. The summed E-state index contributed by atoms with van der Waals surface area (Å²) < 4.78 is 5.48. The molecule has 17 heavy (non-hydrogen) atoms. The van der Waals surface area contributed by atoms with Gasteiger partial charge in [0.15, 0.2) is 0 Å². The summed E-state index contributed by atoms with van der Waals surface area (Å²) in [5.74, 6) is -0.322. The molecule has 2 aliphatic rings. The minimum atomic E-state index is -0.903. The van der Waals surface area contributed by atoms with Gasteiger partial charge in [0.1, 0.15) is 12.3 Å². The number of nitrogens with zero attached hydrogens (tertiary/aromatic N) is 1. The Balaban J connectivity index is 0.00000144. The van der Waals surface area contributed by atoms with Crippen LogP contribution in [0.1, 0.15) is 6.42 Å². The molecule has 2 saturated heterocycles. The van der Waals surface area contributed by atoms with Crippen LogP contribution in [0.4, 0.5) is 0 Å². The van der Waals surface area contributed by atoms with Crippen LogP contribution in [0.2, 0.25) is 0 Å². The number of carbonyl (C=O) groups is 2. The first-order valence-corrected chi connectivity index (χ1v) is 5.21. The quantitative estimate of drug-likeness (QED) is 0.501. The van der Waals surface area contributed by atoms with Gasteiger partial charge in [-0.15, -0.1) is 12.4 Å². The summed E-state index contributed by atoms with van der Waals surface area (Å²) in [6, 6.07) is -0.903. The van der Waals surface area contributed by atoms with Crippen LogP contribution in [0, 0.1) is 0 Å². The highest BCUT2D eigenvalue weighted by atomic mass is 35.5. The van der Waals surface area contributed by atoms with E-state index in [1.54, 1.807) is 4.90 Å². The molecule has 0 aromatic carbocycles. The molecular weight excluding hydrogens is 250 g/mol. The van der Waals surface area contributed by atoms with Crippen LogP contribution in [0.25, 0.3) is 0 Å². The highest BCUT2D eigenvalue weighted by Crippen LogP contribution is 2.28. The lowest BCUT2D eigenvalue weighted by Gasteiger charge is -2.31. The first-order valence-electron chi connectivity index (χ1n) is 5.21. The summed E-state index contributed by atoms with van der Waals surface area (Å²) in [6.45, 7) is 0.440. The Labute approximate surface area is 105 Å². The summed E-state index contributed by atoms with van der Waals surface area (Å²) >= 11 is 0. The number of hydrogen-bond donors (Lipinski definition) is 3. The Hall–Kier alpha value is -0.890. The van der Waals surface area contributed by atoms with Crippen molar-refractivity contribution in [3.63, 3.8) is 0 Å². The van der Waals surface area contributed by atoms with Gasteiger partial charge in [-0.25, -0.2) is 0 Å². The van der Waals surface area contributed by atoms with E-state index in [1.807, 2.05) is 0 Å². The zero-order valence-corrected chi connectivity index (χ0v) is 9.98. The van der Waals surface area contributed by atoms with E-state index in [0.717, 1.165) is 0 Å². The van der Waals surface area contributed by atoms with E-state index < -0.39 is 11.9 Å². The lowest BCUT2D eigenvalue weighted by Crippen LogP contribution is -2.48. The zero-order valence-electron chi connectivity index (χ0n) is 9.17. The van der Waals surface area contributed by atoms with Gasteiger partial charge in [0.25, 0.3) is 0 Å². The van der Waals surface area contributed by atoms with Crippen LogP contribution < -0.4 is 11.1 Å². The predicted octanol–water partition coefficient (Wildman–Crippen LogP) is -2.20. The van der Waals surface area contributed by atoms with Crippen molar-refractivity contribution in [2.75, 3.05) is 19.7 Å². The molecule has 0 aromatic rings. The van der Waals surface area contributed by atoms with Crippen molar-refractivity contribution in [1.82, 2.24) is 10.2 Å². The average molecular weight is 266 g/mol. The fourth-order valence-electron chi connectivity index (χ4n) is 1.79. The lowest BCUT2D eigenvalue weighted by atomic mass is 10.2. The molecule has 2 amide bonds. The van der Waals surface area contributed by atoms with Crippen molar-refractivity contribution >= 4 is 24.2 Å². The third-order valence-corrected chi connectivity index (χ3v) is 2.80. The zero-order chi connectivity index (χ0) is 11.7. The summed E-state index contributed by atoms with van der Waals surface area (Å²) in [4.78, 5) is 23.9. The maximum Gasteiger partial charge on any atom is 0.239 e.